The molecule has 1 amide bonds. The minimum Gasteiger partial charge on any atom is -0.387 e. The first-order valence-corrected chi connectivity index (χ1v) is 13.4. The molecule has 1 aliphatic heterocycles. The van der Waals surface area contributed by atoms with Gasteiger partial charge in [0, 0.05) is 48.7 Å². The zero-order chi connectivity index (χ0) is 27.7. The number of piperidine rings is 1. The second-order valence-corrected chi connectivity index (χ2v) is 11.4. The van der Waals surface area contributed by atoms with E-state index in [4.69, 9.17) is 0 Å². The Balaban J connectivity index is 1.67. The van der Waals surface area contributed by atoms with Gasteiger partial charge in [0.25, 0.3) is 5.56 Å². The minimum atomic E-state index is -2.55. The SMILES string of the molecule is CC(CC(F)F)C(=O)N1CCC(O)(Cn2cc(C(O)N(C)C)c(-c3ccccc3)cc2=O)C2(CCCC2)C1. The Morgan fingerprint density at radius 3 is 2.39 bits per heavy atom. The lowest BCUT2D eigenvalue weighted by molar-refractivity contribution is -0.163. The standard InChI is InChI=1S/C29H39F2N3O4/c1-20(15-24(30)31)26(36)33-14-13-29(38,28(18-33)11-7-8-12-28)19-34-17-23(27(37)32(2)3)22(16-25(34)35)21-9-5-4-6-10-21/h4-6,9-10,16-17,20,24,27,37-38H,7-8,11-15,18-19H2,1-3H3. The second-order valence-electron chi connectivity index (χ2n) is 11.4. The van der Waals surface area contributed by atoms with E-state index >= 15 is 0 Å². The van der Waals surface area contributed by atoms with Crippen molar-refractivity contribution in [1.82, 2.24) is 14.4 Å². The first-order chi connectivity index (χ1) is 18.0. The number of pyridine rings is 1. The molecule has 1 aromatic carbocycles. The summed E-state index contributed by atoms with van der Waals surface area (Å²) in [4.78, 5) is 29.6. The average molecular weight is 532 g/mol. The van der Waals surface area contributed by atoms with Gasteiger partial charge in [-0.1, -0.05) is 50.1 Å². The number of rotatable bonds is 8. The van der Waals surface area contributed by atoms with E-state index < -0.39 is 36.0 Å². The minimum absolute atomic E-state index is 0.0304. The molecule has 4 rings (SSSR count). The van der Waals surface area contributed by atoms with E-state index in [2.05, 4.69) is 0 Å². The molecule has 1 saturated carbocycles. The van der Waals surface area contributed by atoms with Crippen molar-refractivity contribution in [3.63, 3.8) is 0 Å². The fourth-order valence-electron chi connectivity index (χ4n) is 6.31. The molecule has 7 nitrogen and oxygen atoms in total. The number of halogens is 2. The molecule has 38 heavy (non-hydrogen) atoms. The van der Waals surface area contributed by atoms with Crippen LogP contribution in [0.2, 0.25) is 0 Å². The normalized spacial score (nSPS) is 22.8. The third kappa shape index (κ3) is 5.55. The van der Waals surface area contributed by atoms with Gasteiger partial charge in [0.2, 0.25) is 12.3 Å². The van der Waals surface area contributed by atoms with Crippen molar-refractivity contribution >= 4 is 5.91 Å². The molecule has 3 unspecified atom stereocenters. The molecule has 1 aromatic heterocycles. The Morgan fingerprint density at radius 2 is 1.79 bits per heavy atom. The van der Waals surface area contributed by atoms with Gasteiger partial charge in [-0.05, 0) is 44.5 Å². The number of alkyl halides is 2. The van der Waals surface area contributed by atoms with Crippen LogP contribution < -0.4 is 5.56 Å². The maximum absolute atomic E-state index is 13.4. The van der Waals surface area contributed by atoms with Crippen molar-refractivity contribution in [2.24, 2.45) is 11.3 Å². The van der Waals surface area contributed by atoms with Crippen LogP contribution in [0.25, 0.3) is 11.1 Å². The highest BCUT2D eigenvalue weighted by molar-refractivity contribution is 5.78. The van der Waals surface area contributed by atoms with Gasteiger partial charge in [0.05, 0.1) is 12.1 Å². The van der Waals surface area contributed by atoms with Crippen LogP contribution in [0.15, 0.2) is 47.4 Å². The zero-order valence-corrected chi connectivity index (χ0v) is 22.4. The first kappa shape index (κ1) is 28.4. The van der Waals surface area contributed by atoms with Crippen LogP contribution in [0.3, 0.4) is 0 Å². The molecule has 0 bridgehead atoms. The fraction of sp³-hybridized carbons (Fsp3) is 0.586. The van der Waals surface area contributed by atoms with Crippen LogP contribution in [0, 0.1) is 11.3 Å². The molecule has 2 aliphatic rings. The van der Waals surface area contributed by atoms with Gasteiger partial charge in [-0.25, -0.2) is 8.78 Å². The lowest BCUT2D eigenvalue weighted by atomic mass is 9.65. The zero-order valence-electron chi connectivity index (χ0n) is 22.4. The molecule has 2 fully saturated rings. The van der Waals surface area contributed by atoms with E-state index in [1.165, 1.54) is 17.6 Å². The van der Waals surface area contributed by atoms with E-state index in [9.17, 15) is 28.6 Å². The summed E-state index contributed by atoms with van der Waals surface area (Å²) < 4.78 is 27.3. The Morgan fingerprint density at radius 1 is 1.13 bits per heavy atom. The molecule has 2 aromatic rings. The predicted molar refractivity (Wildman–Crippen MR) is 142 cm³/mol. The predicted octanol–water partition coefficient (Wildman–Crippen LogP) is 3.88. The number of aliphatic hydroxyl groups excluding tert-OH is 1. The fourth-order valence-corrected chi connectivity index (χ4v) is 6.31. The van der Waals surface area contributed by atoms with Crippen LogP contribution in [0.1, 0.15) is 57.2 Å². The first-order valence-electron chi connectivity index (χ1n) is 13.4. The maximum atomic E-state index is 13.4. The molecule has 3 atom stereocenters. The molecule has 2 heterocycles. The summed E-state index contributed by atoms with van der Waals surface area (Å²) in [7, 11) is 3.50. The summed E-state index contributed by atoms with van der Waals surface area (Å²) in [5.41, 5.74) is -0.177. The number of carbonyl (C=O) groups excluding carboxylic acids is 1. The molecule has 1 aliphatic carbocycles. The lowest BCUT2D eigenvalue weighted by Gasteiger charge is -2.52. The van der Waals surface area contributed by atoms with Crippen LogP contribution in [-0.4, -0.2) is 69.7 Å². The van der Waals surface area contributed by atoms with Crippen molar-refractivity contribution in [3.8, 4) is 11.1 Å². The Kier molecular flexibility index (Phi) is 8.40. The molecule has 0 radical (unpaired) electrons. The number of hydrogen-bond acceptors (Lipinski definition) is 5. The summed E-state index contributed by atoms with van der Waals surface area (Å²) in [6, 6.07) is 10.9. The second kappa shape index (κ2) is 11.2. The molecule has 1 spiro atoms. The summed E-state index contributed by atoms with van der Waals surface area (Å²) in [5, 5.41) is 23.1. The number of carbonyl (C=O) groups is 1. The Hall–Kier alpha value is -2.62. The molecule has 9 heteroatoms. The highest BCUT2D eigenvalue weighted by atomic mass is 19.3. The van der Waals surface area contributed by atoms with Crippen molar-refractivity contribution in [2.45, 2.75) is 70.2 Å². The van der Waals surface area contributed by atoms with Gasteiger partial charge in [-0.3, -0.25) is 14.5 Å². The van der Waals surface area contributed by atoms with Gasteiger partial charge in [-0.2, -0.15) is 0 Å². The smallest absolute Gasteiger partial charge is 0.251 e. The number of aromatic nitrogens is 1. The average Bonchev–Trinajstić information content (AvgIpc) is 3.36. The number of benzene rings is 1. The van der Waals surface area contributed by atoms with Gasteiger partial charge >= 0.3 is 0 Å². The summed E-state index contributed by atoms with van der Waals surface area (Å²) >= 11 is 0. The summed E-state index contributed by atoms with van der Waals surface area (Å²) in [5.74, 6) is -1.10. The molecular weight excluding hydrogens is 492 g/mol. The largest absolute Gasteiger partial charge is 0.387 e. The lowest BCUT2D eigenvalue weighted by Crippen LogP contribution is -2.62. The highest BCUT2D eigenvalue weighted by Gasteiger charge is 2.55. The number of nitrogens with zero attached hydrogens (tertiary/aromatic N) is 3. The Bertz CT molecular complexity index is 1180. The van der Waals surface area contributed by atoms with Crippen LogP contribution in [-0.2, 0) is 11.3 Å². The molecule has 208 valence electrons. The van der Waals surface area contributed by atoms with Gasteiger partial charge in [0.15, 0.2) is 0 Å². The summed E-state index contributed by atoms with van der Waals surface area (Å²) in [6.07, 6.45) is 1.06. The van der Waals surface area contributed by atoms with Gasteiger partial charge < -0.3 is 19.7 Å². The Labute approximate surface area is 222 Å². The van der Waals surface area contributed by atoms with Gasteiger partial charge in [-0.15, -0.1) is 0 Å². The van der Waals surface area contributed by atoms with Crippen LogP contribution in [0.5, 0.6) is 0 Å². The van der Waals surface area contributed by atoms with Crippen molar-refractivity contribution in [1.29, 1.82) is 0 Å². The van der Waals surface area contributed by atoms with Crippen molar-refractivity contribution < 1.29 is 23.8 Å². The van der Waals surface area contributed by atoms with Crippen molar-refractivity contribution in [2.75, 3.05) is 27.2 Å². The third-order valence-electron chi connectivity index (χ3n) is 8.54. The quantitative estimate of drug-likeness (QED) is 0.505. The van der Waals surface area contributed by atoms with Gasteiger partial charge in [0.1, 0.15) is 6.23 Å². The number of amides is 1. The molecular formula is C29H39F2N3O4. The van der Waals surface area contributed by atoms with Crippen LogP contribution >= 0.6 is 0 Å². The molecule has 2 N–H and O–H groups in total. The van der Waals surface area contributed by atoms with E-state index in [1.807, 2.05) is 30.3 Å². The van der Waals surface area contributed by atoms with E-state index in [0.717, 1.165) is 18.4 Å². The van der Waals surface area contributed by atoms with E-state index in [1.54, 1.807) is 30.1 Å². The van der Waals surface area contributed by atoms with E-state index in [-0.39, 0.29) is 31.0 Å². The number of aliphatic hydroxyl groups is 2. The van der Waals surface area contributed by atoms with Crippen molar-refractivity contribution in [3.05, 3.63) is 58.5 Å². The maximum Gasteiger partial charge on any atom is 0.251 e. The highest BCUT2D eigenvalue weighted by Crippen LogP contribution is 2.52. The monoisotopic (exact) mass is 531 g/mol. The molecule has 1 saturated heterocycles. The third-order valence-corrected chi connectivity index (χ3v) is 8.54. The van der Waals surface area contributed by atoms with Crippen LogP contribution in [0.4, 0.5) is 8.78 Å². The number of likely N-dealkylation sites (tertiary alicyclic amines) is 1. The summed E-state index contributed by atoms with van der Waals surface area (Å²) in [6.45, 7) is 2.10. The topological polar surface area (TPSA) is 86.0 Å². The van der Waals surface area contributed by atoms with E-state index in [0.29, 0.717) is 30.5 Å². The number of hydrogen-bond donors (Lipinski definition) is 2.